The molecule has 20 heavy (non-hydrogen) atoms. The maximum Gasteiger partial charge on any atom is 0.269 e. The normalized spacial score (nSPS) is 9.85. The number of hydrogen-bond donors (Lipinski definition) is 3. The molecular weight excluding hydrogens is 270 g/mol. The lowest BCUT2D eigenvalue weighted by atomic mass is 9.99. The Hall–Kier alpha value is -2.40. The molecule has 0 saturated carbocycles. The van der Waals surface area contributed by atoms with Crippen LogP contribution in [0.25, 0.3) is 11.1 Å². The number of hydrogen-bond acceptors (Lipinski definition) is 2. The SMILES string of the molecule is Cc1ccccc1-c1ccc(C(=O)NNC(N)=S)cc1. The van der Waals surface area contributed by atoms with E-state index in [1.165, 1.54) is 5.56 Å². The van der Waals surface area contributed by atoms with Gasteiger partial charge in [-0.3, -0.25) is 15.6 Å². The molecule has 2 rings (SSSR count). The highest BCUT2D eigenvalue weighted by atomic mass is 32.1. The smallest absolute Gasteiger partial charge is 0.269 e. The molecule has 0 heterocycles. The van der Waals surface area contributed by atoms with Crippen LogP contribution in [0.3, 0.4) is 0 Å². The molecule has 0 radical (unpaired) electrons. The Bertz CT molecular complexity index is 638. The molecule has 0 fully saturated rings. The summed E-state index contributed by atoms with van der Waals surface area (Å²) in [6, 6.07) is 15.5. The second kappa shape index (κ2) is 6.16. The van der Waals surface area contributed by atoms with Gasteiger partial charge < -0.3 is 5.73 Å². The Labute approximate surface area is 123 Å². The molecule has 0 unspecified atom stereocenters. The van der Waals surface area contributed by atoms with E-state index in [0.717, 1.165) is 11.1 Å². The molecule has 0 aliphatic carbocycles. The number of carbonyl (C=O) groups excluding carboxylic acids is 1. The van der Waals surface area contributed by atoms with Gasteiger partial charge in [0.05, 0.1) is 0 Å². The minimum atomic E-state index is -0.283. The van der Waals surface area contributed by atoms with Gasteiger partial charge in [-0.1, -0.05) is 36.4 Å². The van der Waals surface area contributed by atoms with Crippen LogP contribution in [-0.2, 0) is 0 Å². The van der Waals surface area contributed by atoms with Crippen molar-refractivity contribution in [1.82, 2.24) is 10.9 Å². The fraction of sp³-hybridized carbons (Fsp3) is 0.0667. The molecule has 0 aromatic heterocycles. The molecule has 0 bridgehead atoms. The van der Waals surface area contributed by atoms with Crippen LogP contribution in [0.5, 0.6) is 0 Å². The summed E-state index contributed by atoms with van der Waals surface area (Å²) < 4.78 is 0. The van der Waals surface area contributed by atoms with Crippen LogP contribution in [0, 0.1) is 6.92 Å². The summed E-state index contributed by atoms with van der Waals surface area (Å²) >= 11 is 4.61. The summed E-state index contributed by atoms with van der Waals surface area (Å²) in [7, 11) is 0. The lowest BCUT2D eigenvalue weighted by Crippen LogP contribution is -2.44. The van der Waals surface area contributed by atoms with Crippen molar-refractivity contribution in [1.29, 1.82) is 0 Å². The van der Waals surface area contributed by atoms with Gasteiger partial charge in [-0.05, 0) is 48.0 Å². The van der Waals surface area contributed by atoms with Crippen molar-refractivity contribution < 1.29 is 4.79 Å². The van der Waals surface area contributed by atoms with Crippen LogP contribution in [0.15, 0.2) is 48.5 Å². The van der Waals surface area contributed by atoms with E-state index in [-0.39, 0.29) is 11.0 Å². The van der Waals surface area contributed by atoms with Gasteiger partial charge in [0.25, 0.3) is 5.91 Å². The number of rotatable bonds is 2. The van der Waals surface area contributed by atoms with Crippen LogP contribution in [0.2, 0.25) is 0 Å². The van der Waals surface area contributed by atoms with Crippen molar-refractivity contribution in [2.75, 3.05) is 0 Å². The highest BCUT2D eigenvalue weighted by Gasteiger charge is 2.06. The first-order valence-corrected chi connectivity index (χ1v) is 6.50. The van der Waals surface area contributed by atoms with Gasteiger partial charge in [-0.25, -0.2) is 0 Å². The van der Waals surface area contributed by atoms with Gasteiger partial charge >= 0.3 is 0 Å². The first-order valence-electron chi connectivity index (χ1n) is 6.10. The van der Waals surface area contributed by atoms with Crippen molar-refractivity contribution in [3.63, 3.8) is 0 Å². The summed E-state index contributed by atoms with van der Waals surface area (Å²) in [5.41, 5.74) is 14.0. The molecule has 0 aliphatic heterocycles. The quantitative estimate of drug-likeness (QED) is 0.584. The molecule has 0 spiro atoms. The predicted molar refractivity (Wildman–Crippen MR) is 84.0 cm³/mol. The topological polar surface area (TPSA) is 67.2 Å². The van der Waals surface area contributed by atoms with Crippen LogP contribution < -0.4 is 16.6 Å². The van der Waals surface area contributed by atoms with Crippen molar-refractivity contribution >= 4 is 23.2 Å². The van der Waals surface area contributed by atoms with Crippen molar-refractivity contribution in [2.45, 2.75) is 6.92 Å². The van der Waals surface area contributed by atoms with Gasteiger partial charge in [-0.2, -0.15) is 0 Å². The molecule has 0 aliphatic rings. The zero-order chi connectivity index (χ0) is 14.5. The average Bonchev–Trinajstić information content (AvgIpc) is 2.45. The average molecular weight is 285 g/mol. The lowest BCUT2D eigenvalue weighted by molar-refractivity contribution is 0.0944. The van der Waals surface area contributed by atoms with Crippen molar-refractivity contribution in [2.24, 2.45) is 5.73 Å². The maximum absolute atomic E-state index is 11.8. The number of hydrazine groups is 1. The van der Waals surface area contributed by atoms with E-state index < -0.39 is 0 Å². The first kappa shape index (κ1) is 14.0. The highest BCUT2D eigenvalue weighted by Crippen LogP contribution is 2.23. The van der Waals surface area contributed by atoms with E-state index in [2.05, 4.69) is 42.1 Å². The second-order valence-electron chi connectivity index (χ2n) is 4.34. The number of benzene rings is 2. The Morgan fingerprint density at radius 2 is 1.70 bits per heavy atom. The van der Waals surface area contributed by atoms with E-state index in [1.54, 1.807) is 12.1 Å². The van der Waals surface area contributed by atoms with Crippen LogP contribution in [0.1, 0.15) is 15.9 Å². The molecule has 4 nitrogen and oxygen atoms in total. The van der Waals surface area contributed by atoms with Crippen LogP contribution in [-0.4, -0.2) is 11.0 Å². The number of carbonyl (C=O) groups is 1. The maximum atomic E-state index is 11.8. The van der Waals surface area contributed by atoms with Crippen molar-refractivity contribution in [3.05, 3.63) is 59.7 Å². The first-order chi connectivity index (χ1) is 9.58. The molecule has 0 saturated heterocycles. The highest BCUT2D eigenvalue weighted by molar-refractivity contribution is 7.80. The Balaban J connectivity index is 2.16. The van der Waals surface area contributed by atoms with Gasteiger partial charge in [0.2, 0.25) is 0 Å². The Kier molecular flexibility index (Phi) is 4.32. The summed E-state index contributed by atoms with van der Waals surface area (Å²) in [5, 5.41) is 0.0230. The molecule has 5 heteroatoms. The lowest BCUT2D eigenvalue weighted by Gasteiger charge is -2.08. The number of aryl methyl sites for hydroxylation is 1. The zero-order valence-electron chi connectivity index (χ0n) is 11.0. The minimum Gasteiger partial charge on any atom is -0.375 e. The van der Waals surface area contributed by atoms with Gasteiger partial charge in [0.15, 0.2) is 5.11 Å². The molecule has 1 amide bonds. The van der Waals surface area contributed by atoms with Gasteiger partial charge in [-0.15, -0.1) is 0 Å². The summed E-state index contributed by atoms with van der Waals surface area (Å²) in [5.74, 6) is -0.283. The summed E-state index contributed by atoms with van der Waals surface area (Å²) in [6.07, 6.45) is 0. The zero-order valence-corrected chi connectivity index (χ0v) is 11.8. The molecule has 102 valence electrons. The fourth-order valence-corrected chi connectivity index (χ4v) is 1.94. The van der Waals surface area contributed by atoms with Crippen LogP contribution >= 0.6 is 12.2 Å². The molecule has 2 aromatic rings. The Morgan fingerprint density at radius 3 is 2.30 bits per heavy atom. The monoisotopic (exact) mass is 285 g/mol. The Morgan fingerprint density at radius 1 is 1.05 bits per heavy atom. The van der Waals surface area contributed by atoms with E-state index in [9.17, 15) is 4.79 Å². The third-order valence-corrected chi connectivity index (χ3v) is 3.00. The third-order valence-electron chi connectivity index (χ3n) is 2.90. The van der Waals surface area contributed by atoms with E-state index >= 15 is 0 Å². The number of thiocarbonyl (C=S) groups is 1. The van der Waals surface area contributed by atoms with Crippen molar-refractivity contribution in [3.8, 4) is 11.1 Å². The molecule has 2 aromatic carbocycles. The van der Waals surface area contributed by atoms with Gasteiger partial charge in [0, 0.05) is 5.56 Å². The number of nitrogens with one attached hydrogen (secondary N) is 2. The van der Waals surface area contributed by atoms with Crippen LogP contribution in [0.4, 0.5) is 0 Å². The second-order valence-corrected chi connectivity index (χ2v) is 4.78. The third kappa shape index (κ3) is 3.33. The summed E-state index contributed by atoms with van der Waals surface area (Å²) in [4.78, 5) is 11.8. The van der Waals surface area contributed by atoms with E-state index in [4.69, 9.17) is 5.73 Å². The summed E-state index contributed by atoms with van der Waals surface area (Å²) in [6.45, 7) is 2.06. The number of nitrogens with two attached hydrogens (primary N) is 1. The predicted octanol–water partition coefficient (Wildman–Crippen LogP) is 2.14. The largest absolute Gasteiger partial charge is 0.375 e. The molecule has 0 atom stereocenters. The molecule has 4 N–H and O–H groups in total. The van der Waals surface area contributed by atoms with Gasteiger partial charge in [0.1, 0.15) is 0 Å². The molecular formula is C15H15N3OS. The minimum absolute atomic E-state index is 0.0230. The fourth-order valence-electron chi connectivity index (χ4n) is 1.89. The standard InChI is InChI=1S/C15H15N3OS/c1-10-4-2-3-5-13(10)11-6-8-12(9-7-11)14(19)17-18-15(16)20/h2-9H,1H3,(H,17,19)(H3,16,18,20). The van der Waals surface area contributed by atoms with E-state index in [0.29, 0.717) is 5.56 Å². The van der Waals surface area contributed by atoms with E-state index in [1.807, 2.05) is 24.3 Å². The number of amides is 1.